The van der Waals surface area contributed by atoms with Crippen LogP contribution in [0.3, 0.4) is 0 Å². The summed E-state index contributed by atoms with van der Waals surface area (Å²) in [4.78, 5) is 18.4. The van der Waals surface area contributed by atoms with Crippen molar-refractivity contribution < 1.29 is 19.0 Å². The maximum Gasteiger partial charge on any atom is 0.254 e. The van der Waals surface area contributed by atoms with Crippen molar-refractivity contribution in [3.63, 3.8) is 0 Å². The van der Waals surface area contributed by atoms with Gasteiger partial charge < -0.3 is 24.1 Å². The Labute approximate surface area is 187 Å². The lowest BCUT2D eigenvalue weighted by atomic mass is 9.89. The van der Waals surface area contributed by atoms with Gasteiger partial charge in [0.25, 0.3) is 5.91 Å². The van der Waals surface area contributed by atoms with Gasteiger partial charge >= 0.3 is 0 Å². The Hall–Kier alpha value is -2.86. The van der Waals surface area contributed by atoms with Crippen molar-refractivity contribution in [1.29, 1.82) is 0 Å². The molecular weight excluding hydrogens is 416 g/mol. The smallest absolute Gasteiger partial charge is 0.254 e. The second-order valence-corrected chi connectivity index (χ2v) is 8.05. The van der Waals surface area contributed by atoms with Crippen LogP contribution >= 0.6 is 11.6 Å². The van der Waals surface area contributed by atoms with E-state index >= 15 is 0 Å². The lowest BCUT2D eigenvalue weighted by Crippen LogP contribution is -2.37. The SMILES string of the molecule is CCOc1c(Cl)cc(C(=O)N2CCC(c3c[nH]c4ccc(OC)cc34)CC2)cc1OC. The van der Waals surface area contributed by atoms with Crippen molar-refractivity contribution in [2.24, 2.45) is 0 Å². The van der Waals surface area contributed by atoms with Crippen molar-refractivity contribution in [3.8, 4) is 17.2 Å². The van der Waals surface area contributed by atoms with Gasteiger partial charge in [-0.25, -0.2) is 0 Å². The number of hydrogen-bond donors (Lipinski definition) is 1. The minimum absolute atomic E-state index is 0.0395. The molecule has 0 radical (unpaired) electrons. The van der Waals surface area contributed by atoms with Crippen molar-refractivity contribution in [2.75, 3.05) is 33.9 Å². The van der Waals surface area contributed by atoms with Gasteiger partial charge in [-0.2, -0.15) is 0 Å². The fourth-order valence-electron chi connectivity index (χ4n) is 4.29. The Bertz CT molecular complexity index is 1090. The average Bonchev–Trinajstić information content (AvgIpc) is 3.23. The maximum atomic E-state index is 13.1. The summed E-state index contributed by atoms with van der Waals surface area (Å²) in [7, 11) is 3.23. The standard InChI is InChI=1S/C24H27ClN2O4/c1-4-31-23-20(25)11-16(12-22(23)30-3)24(28)27-9-7-15(8-10-27)19-14-26-21-6-5-17(29-2)13-18(19)21/h5-6,11-15,26H,4,7-10H2,1-3H3. The molecule has 2 aromatic carbocycles. The number of ether oxygens (including phenoxy) is 3. The van der Waals surface area contributed by atoms with E-state index in [1.54, 1.807) is 26.4 Å². The fraction of sp³-hybridized carbons (Fsp3) is 0.375. The third-order valence-corrected chi connectivity index (χ3v) is 6.19. The van der Waals surface area contributed by atoms with E-state index in [1.807, 2.05) is 24.0 Å². The van der Waals surface area contributed by atoms with Crippen LogP contribution in [-0.4, -0.2) is 49.7 Å². The molecule has 1 N–H and O–H groups in total. The molecule has 1 aromatic heterocycles. The van der Waals surface area contributed by atoms with Crippen LogP contribution in [0.25, 0.3) is 10.9 Å². The van der Waals surface area contributed by atoms with Crippen LogP contribution in [0.2, 0.25) is 5.02 Å². The Morgan fingerprint density at radius 2 is 1.94 bits per heavy atom. The van der Waals surface area contributed by atoms with Crippen LogP contribution in [0.5, 0.6) is 17.2 Å². The van der Waals surface area contributed by atoms with Crippen LogP contribution in [0.4, 0.5) is 0 Å². The number of H-pyrrole nitrogens is 1. The zero-order chi connectivity index (χ0) is 22.0. The second kappa shape index (κ2) is 9.10. The molecule has 1 saturated heterocycles. The molecular formula is C24H27ClN2O4. The van der Waals surface area contributed by atoms with Gasteiger partial charge in [-0.3, -0.25) is 4.79 Å². The first-order valence-corrected chi connectivity index (χ1v) is 10.9. The number of likely N-dealkylation sites (tertiary alicyclic amines) is 1. The number of aromatic nitrogens is 1. The zero-order valence-electron chi connectivity index (χ0n) is 18.0. The molecule has 6 nitrogen and oxygen atoms in total. The number of rotatable bonds is 6. The number of carbonyl (C=O) groups excluding carboxylic acids is 1. The van der Waals surface area contributed by atoms with E-state index in [9.17, 15) is 4.79 Å². The summed E-state index contributed by atoms with van der Waals surface area (Å²) in [6, 6.07) is 9.44. The Balaban J connectivity index is 1.49. The van der Waals surface area contributed by atoms with Crippen LogP contribution in [0.1, 0.15) is 41.6 Å². The fourth-order valence-corrected chi connectivity index (χ4v) is 4.56. The van der Waals surface area contributed by atoms with Gasteiger partial charge in [-0.15, -0.1) is 0 Å². The van der Waals surface area contributed by atoms with E-state index in [2.05, 4.69) is 17.2 Å². The third kappa shape index (κ3) is 4.17. The highest BCUT2D eigenvalue weighted by Crippen LogP contribution is 2.38. The highest BCUT2D eigenvalue weighted by atomic mass is 35.5. The largest absolute Gasteiger partial charge is 0.497 e. The molecule has 0 unspecified atom stereocenters. The number of nitrogens with one attached hydrogen (secondary N) is 1. The van der Waals surface area contributed by atoms with Crippen molar-refractivity contribution in [1.82, 2.24) is 9.88 Å². The highest BCUT2D eigenvalue weighted by Gasteiger charge is 2.27. The number of nitrogens with zero attached hydrogens (tertiary/aromatic N) is 1. The monoisotopic (exact) mass is 442 g/mol. The lowest BCUT2D eigenvalue weighted by Gasteiger charge is -2.32. The minimum atomic E-state index is -0.0395. The summed E-state index contributed by atoms with van der Waals surface area (Å²) in [5, 5.41) is 1.57. The molecule has 0 spiro atoms. The van der Waals surface area contributed by atoms with Crippen LogP contribution < -0.4 is 14.2 Å². The van der Waals surface area contributed by atoms with Gasteiger partial charge in [0, 0.05) is 35.8 Å². The summed E-state index contributed by atoms with van der Waals surface area (Å²) in [5.74, 6) is 2.14. The summed E-state index contributed by atoms with van der Waals surface area (Å²) in [6.07, 6.45) is 3.89. The number of piperidine rings is 1. The van der Waals surface area contributed by atoms with E-state index in [-0.39, 0.29) is 5.91 Å². The summed E-state index contributed by atoms with van der Waals surface area (Å²) in [6.45, 7) is 3.72. The van der Waals surface area contributed by atoms with Crippen LogP contribution in [0.15, 0.2) is 36.5 Å². The van der Waals surface area contributed by atoms with Crippen molar-refractivity contribution in [3.05, 3.63) is 52.7 Å². The second-order valence-electron chi connectivity index (χ2n) is 7.64. The Kier molecular flexibility index (Phi) is 6.28. The molecule has 0 saturated carbocycles. The maximum absolute atomic E-state index is 13.1. The molecule has 3 aromatic rings. The lowest BCUT2D eigenvalue weighted by molar-refractivity contribution is 0.0713. The van der Waals surface area contributed by atoms with Gasteiger partial charge in [-0.05, 0) is 61.6 Å². The molecule has 31 heavy (non-hydrogen) atoms. The van der Waals surface area contributed by atoms with E-state index in [0.717, 1.165) is 24.1 Å². The molecule has 0 bridgehead atoms. The first kappa shape index (κ1) is 21.4. The van der Waals surface area contributed by atoms with Gasteiger partial charge in [-0.1, -0.05) is 11.6 Å². The molecule has 4 rings (SSSR count). The van der Waals surface area contributed by atoms with Gasteiger partial charge in [0.15, 0.2) is 11.5 Å². The Morgan fingerprint density at radius 1 is 1.16 bits per heavy atom. The number of benzene rings is 2. The van der Waals surface area contributed by atoms with Crippen LogP contribution in [-0.2, 0) is 0 Å². The van der Waals surface area contributed by atoms with Crippen molar-refractivity contribution >= 4 is 28.4 Å². The predicted molar refractivity (Wildman–Crippen MR) is 122 cm³/mol. The van der Waals surface area contributed by atoms with E-state index in [4.69, 9.17) is 25.8 Å². The molecule has 1 amide bonds. The number of fused-ring (bicyclic) bond motifs is 1. The number of carbonyl (C=O) groups is 1. The highest BCUT2D eigenvalue weighted by molar-refractivity contribution is 6.32. The first-order chi connectivity index (χ1) is 15.0. The molecule has 0 aliphatic carbocycles. The third-order valence-electron chi connectivity index (χ3n) is 5.91. The number of amides is 1. The van der Waals surface area contributed by atoms with Crippen LogP contribution in [0, 0.1) is 0 Å². The molecule has 164 valence electrons. The van der Waals surface area contributed by atoms with E-state index in [0.29, 0.717) is 47.7 Å². The van der Waals surface area contributed by atoms with E-state index in [1.165, 1.54) is 10.9 Å². The van der Waals surface area contributed by atoms with Gasteiger partial charge in [0.05, 0.1) is 25.8 Å². The normalized spacial score (nSPS) is 14.6. The molecule has 2 heterocycles. The number of aromatic amines is 1. The number of methoxy groups -OCH3 is 2. The topological polar surface area (TPSA) is 63.8 Å². The number of hydrogen-bond acceptors (Lipinski definition) is 4. The zero-order valence-corrected chi connectivity index (χ0v) is 18.8. The summed E-state index contributed by atoms with van der Waals surface area (Å²) in [5.41, 5.74) is 2.90. The molecule has 1 aliphatic rings. The number of halogens is 1. The molecule has 1 fully saturated rings. The van der Waals surface area contributed by atoms with E-state index < -0.39 is 0 Å². The summed E-state index contributed by atoms with van der Waals surface area (Å²) < 4.78 is 16.3. The predicted octanol–water partition coefficient (Wildman–Crippen LogP) is 5.26. The first-order valence-electron chi connectivity index (χ1n) is 10.5. The van der Waals surface area contributed by atoms with Crippen molar-refractivity contribution in [2.45, 2.75) is 25.7 Å². The quantitative estimate of drug-likeness (QED) is 0.565. The summed E-state index contributed by atoms with van der Waals surface area (Å²) >= 11 is 6.36. The minimum Gasteiger partial charge on any atom is -0.497 e. The molecule has 0 atom stereocenters. The molecule has 1 aliphatic heterocycles. The van der Waals surface area contributed by atoms with Gasteiger partial charge in [0.2, 0.25) is 0 Å². The average molecular weight is 443 g/mol. The Morgan fingerprint density at radius 3 is 2.61 bits per heavy atom. The molecule has 7 heteroatoms. The van der Waals surface area contributed by atoms with Gasteiger partial charge in [0.1, 0.15) is 5.75 Å².